The number of sulfonamides is 1. The van der Waals surface area contributed by atoms with Crippen LogP contribution in [-0.4, -0.2) is 44.2 Å². The van der Waals surface area contributed by atoms with Crippen LogP contribution in [0.25, 0.3) is 0 Å². The lowest BCUT2D eigenvalue weighted by molar-refractivity contribution is 0.171. The van der Waals surface area contributed by atoms with Gasteiger partial charge in [-0.3, -0.25) is 0 Å². The van der Waals surface area contributed by atoms with Gasteiger partial charge in [0.25, 0.3) is 10.0 Å². The molecule has 0 radical (unpaired) electrons. The number of hydrogen-bond acceptors (Lipinski definition) is 3. The molecule has 0 aromatic rings. The minimum Gasteiger partial charge on any atom is -0.317 e. The Balaban J connectivity index is 2.19. The maximum atomic E-state index is 12.8. The average molecular weight is 296 g/mol. The summed E-state index contributed by atoms with van der Waals surface area (Å²) in [6.45, 7) is 1.95. The van der Waals surface area contributed by atoms with Crippen molar-refractivity contribution < 1.29 is 17.2 Å². The van der Waals surface area contributed by atoms with E-state index in [-0.39, 0.29) is 18.5 Å². The maximum Gasteiger partial charge on any atom is 0.350 e. The standard InChI is InChI=1S/C12H22F2N2O2S/c13-12(14)19(17,18)16-9-3-1-2-4-11(16)10-5-7-15-8-6-10/h10-12,15H,1-9H2. The van der Waals surface area contributed by atoms with Crippen LogP contribution in [-0.2, 0) is 10.0 Å². The Labute approximate surface area is 113 Å². The molecule has 2 saturated heterocycles. The summed E-state index contributed by atoms with van der Waals surface area (Å²) in [7, 11) is -4.44. The Hall–Kier alpha value is -0.270. The van der Waals surface area contributed by atoms with Crippen LogP contribution >= 0.6 is 0 Å². The lowest BCUT2D eigenvalue weighted by atomic mass is 9.88. The van der Waals surface area contributed by atoms with Crippen LogP contribution in [0.4, 0.5) is 8.78 Å². The number of piperidine rings is 1. The largest absolute Gasteiger partial charge is 0.350 e. The first-order valence-electron chi connectivity index (χ1n) is 7.03. The molecule has 0 aliphatic carbocycles. The minimum atomic E-state index is -4.44. The van der Waals surface area contributed by atoms with Gasteiger partial charge in [-0.05, 0) is 44.7 Å². The molecule has 7 heteroatoms. The third-order valence-electron chi connectivity index (χ3n) is 4.23. The van der Waals surface area contributed by atoms with Crippen LogP contribution < -0.4 is 5.32 Å². The zero-order chi connectivity index (χ0) is 13.9. The summed E-state index contributed by atoms with van der Waals surface area (Å²) in [5.74, 6) is -3.08. The van der Waals surface area contributed by atoms with Crippen molar-refractivity contribution in [1.82, 2.24) is 9.62 Å². The second-order valence-electron chi connectivity index (χ2n) is 5.42. The van der Waals surface area contributed by atoms with Crippen LogP contribution in [0, 0.1) is 5.92 Å². The molecule has 1 unspecified atom stereocenters. The average Bonchev–Trinajstić information content (AvgIpc) is 2.65. The van der Waals surface area contributed by atoms with E-state index < -0.39 is 15.8 Å². The Kier molecular flexibility index (Phi) is 5.14. The van der Waals surface area contributed by atoms with Crippen molar-refractivity contribution in [3.63, 3.8) is 0 Å². The number of halogens is 2. The molecule has 2 heterocycles. The first kappa shape index (κ1) is 15.1. The molecule has 112 valence electrons. The van der Waals surface area contributed by atoms with Crippen LogP contribution in [0.15, 0.2) is 0 Å². The Bertz CT molecular complexity index is 383. The van der Waals surface area contributed by atoms with Crippen molar-refractivity contribution >= 4 is 10.0 Å². The van der Waals surface area contributed by atoms with Gasteiger partial charge in [-0.25, -0.2) is 8.42 Å². The fourth-order valence-corrected chi connectivity index (χ4v) is 4.47. The van der Waals surface area contributed by atoms with Crippen molar-refractivity contribution in [3.8, 4) is 0 Å². The molecule has 0 bridgehead atoms. The quantitative estimate of drug-likeness (QED) is 0.864. The highest BCUT2D eigenvalue weighted by Crippen LogP contribution is 2.31. The highest BCUT2D eigenvalue weighted by molar-refractivity contribution is 7.89. The van der Waals surface area contributed by atoms with E-state index in [1.165, 1.54) is 0 Å². The molecule has 0 aromatic carbocycles. The Morgan fingerprint density at radius 3 is 2.37 bits per heavy atom. The van der Waals surface area contributed by atoms with Crippen LogP contribution in [0.1, 0.15) is 38.5 Å². The molecular weight excluding hydrogens is 274 g/mol. The van der Waals surface area contributed by atoms with Crippen LogP contribution in [0.2, 0.25) is 0 Å². The van der Waals surface area contributed by atoms with Crippen LogP contribution in [0.3, 0.4) is 0 Å². The van der Waals surface area contributed by atoms with E-state index in [9.17, 15) is 17.2 Å². The fraction of sp³-hybridized carbons (Fsp3) is 1.00. The van der Waals surface area contributed by atoms with Crippen molar-refractivity contribution in [2.45, 2.75) is 50.3 Å². The summed E-state index contributed by atoms with van der Waals surface area (Å²) >= 11 is 0. The van der Waals surface area contributed by atoms with Gasteiger partial charge >= 0.3 is 5.76 Å². The van der Waals surface area contributed by atoms with Gasteiger partial charge in [-0.1, -0.05) is 12.8 Å². The molecule has 2 aliphatic heterocycles. The molecule has 2 rings (SSSR count). The fourth-order valence-electron chi connectivity index (χ4n) is 3.23. The van der Waals surface area contributed by atoms with Gasteiger partial charge < -0.3 is 5.32 Å². The highest BCUT2D eigenvalue weighted by Gasteiger charge is 2.40. The van der Waals surface area contributed by atoms with Gasteiger partial charge in [-0.15, -0.1) is 0 Å². The van der Waals surface area contributed by atoms with Gasteiger partial charge in [0.05, 0.1) is 0 Å². The SMILES string of the molecule is O=S(=O)(C(F)F)N1CCCCCC1C1CCNCC1. The third kappa shape index (κ3) is 3.44. The van der Waals surface area contributed by atoms with Gasteiger partial charge in [0.1, 0.15) is 0 Å². The van der Waals surface area contributed by atoms with Gasteiger partial charge in [0.2, 0.25) is 0 Å². The molecule has 19 heavy (non-hydrogen) atoms. The van der Waals surface area contributed by atoms with E-state index in [0.29, 0.717) is 6.42 Å². The number of nitrogens with one attached hydrogen (secondary N) is 1. The van der Waals surface area contributed by atoms with Gasteiger partial charge in [0, 0.05) is 12.6 Å². The molecule has 0 spiro atoms. The Morgan fingerprint density at radius 1 is 1.05 bits per heavy atom. The molecule has 0 amide bonds. The van der Waals surface area contributed by atoms with E-state index in [4.69, 9.17) is 0 Å². The lowest BCUT2D eigenvalue weighted by Gasteiger charge is -2.36. The maximum absolute atomic E-state index is 12.8. The van der Waals surface area contributed by atoms with Gasteiger partial charge in [0.15, 0.2) is 0 Å². The van der Waals surface area contributed by atoms with Crippen LogP contribution in [0.5, 0.6) is 0 Å². The van der Waals surface area contributed by atoms with Crippen molar-refractivity contribution in [2.75, 3.05) is 19.6 Å². The van der Waals surface area contributed by atoms with E-state index in [0.717, 1.165) is 49.5 Å². The Morgan fingerprint density at radius 2 is 1.74 bits per heavy atom. The summed E-state index contributed by atoms with van der Waals surface area (Å²) in [5.41, 5.74) is 0. The predicted octanol–water partition coefficient (Wildman–Crippen LogP) is 1.78. The molecular formula is C12H22F2N2O2S. The number of rotatable bonds is 3. The van der Waals surface area contributed by atoms with E-state index in [1.54, 1.807) is 0 Å². The molecule has 1 atom stereocenters. The summed E-state index contributed by atoms with van der Waals surface area (Å²) < 4.78 is 50.5. The molecule has 2 aliphatic rings. The highest BCUT2D eigenvalue weighted by atomic mass is 32.2. The molecule has 2 fully saturated rings. The third-order valence-corrected chi connectivity index (χ3v) is 5.79. The van der Waals surface area contributed by atoms with Crippen molar-refractivity contribution in [2.24, 2.45) is 5.92 Å². The first-order chi connectivity index (χ1) is 9.03. The predicted molar refractivity (Wildman–Crippen MR) is 69.5 cm³/mol. The van der Waals surface area contributed by atoms with Crippen molar-refractivity contribution in [1.29, 1.82) is 0 Å². The summed E-state index contributed by atoms with van der Waals surface area (Å²) in [6, 6.07) is -0.233. The second kappa shape index (κ2) is 6.45. The smallest absolute Gasteiger partial charge is 0.317 e. The van der Waals surface area contributed by atoms with E-state index in [1.807, 2.05) is 0 Å². The number of alkyl halides is 2. The minimum absolute atomic E-state index is 0.216. The van der Waals surface area contributed by atoms with Gasteiger partial charge in [-0.2, -0.15) is 13.1 Å². The lowest BCUT2D eigenvalue weighted by Crippen LogP contribution is -2.48. The van der Waals surface area contributed by atoms with E-state index in [2.05, 4.69) is 5.32 Å². The molecule has 4 nitrogen and oxygen atoms in total. The monoisotopic (exact) mass is 296 g/mol. The van der Waals surface area contributed by atoms with Crippen molar-refractivity contribution in [3.05, 3.63) is 0 Å². The second-order valence-corrected chi connectivity index (χ2v) is 7.28. The summed E-state index contributed by atoms with van der Waals surface area (Å²) in [4.78, 5) is 0. The topological polar surface area (TPSA) is 49.4 Å². The first-order valence-corrected chi connectivity index (χ1v) is 8.53. The van der Waals surface area contributed by atoms with E-state index >= 15 is 0 Å². The normalized spacial score (nSPS) is 28.5. The summed E-state index contributed by atoms with van der Waals surface area (Å²) in [5, 5.41) is 3.23. The molecule has 1 N–H and O–H groups in total. The molecule has 0 saturated carbocycles. The zero-order valence-corrected chi connectivity index (χ0v) is 11.8. The summed E-state index contributed by atoms with van der Waals surface area (Å²) in [6.07, 6.45) is 5.02. The zero-order valence-electron chi connectivity index (χ0n) is 11.0. The number of hydrogen-bond donors (Lipinski definition) is 1. The molecule has 0 aromatic heterocycles. The number of nitrogens with zero attached hydrogens (tertiary/aromatic N) is 1.